The molecule has 0 amide bonds. The van der Waals surface area contributed by atoms with E-state index in [-0.39, 0.29) is 16.4 Å². The van der Waals surface area contributed by atoms with Crippen molar-refractivity contribution in [2.24, 2.45) is 0 Å². The highest BCUT2D eigenvalue weighted by Crippen LogP contribution is 2.49. The molecule has 1 N–H and O–H groups in total. The van der Waals surface area contributed by atoms with Crippen LogP contribution in [0.15, 0.2) is 36.0 Å². The highest BCUT2D eigenvalue weighted by Gasteiger charge is 2.38. The van der Waals surface area contributed by atoms with Crippen LogP contribution < -0.4 is 0 Å². The number of carboxylic acids is 1. The van der Waals surface area contributed by atoms with E-state index in [0.717, 1.165) is 18.5 Å². The minimum Gasteiger partial charge on any atom is -0.478 e. The molecule has 1 atom stereocenters. The molecule has 0 bridgehead atoms. The normalized spacial score (nSPS) is 23.4. The van der Waals surface area contributed by atoms with E-state index >= 15 is 0 Å². The van der Waals surface area contributed by atoms with Crippen LogP contribution in [0.1, 0.15) is 104 Å². The van der Waals surface area contributed by atoms with Gasteiger partial charge >= 0.3 is 5.97 Å². The van der Waals surface area contributed by atoms with E-state index in [1.165, 1.54) is 47.7 Å². The summed E-state index contributed by atoms with van der Waals surface area (Å²) in [4.78, 5) is 15.3. The van der Waals surface area contributed by atoms with Crippen LogP contribution in [0.25, 0.3) is 6.08 Å². The first-order valence-electron chi connectivity index (χ1n) is 11.1. The number of aromatic carboxylic acids is 1. The Bertz CT molecular complexity index is 1010. The van der Waals surface area contributed by atoms with Crippen molar-refractivity contribution in [3.05, 3.63) is 69.5 Å². The second-order valence-electron chi connectivity index (χ2n) is 10.5. The van der Waals surface area contributed by atoms with Crippen molar-refractivity contribution in [3.63, 3.8) is 0 Å². The van der Waals surface area contributed by atoms with Gasteiger partial charge in [0.05, 0.1) is 11.3 Å². The Hall–Kier alpha value is -2.42. The minimum absolute atomic E-state index is 0.233. The van der Waals surface area contributed by atoms with Crippen LogP contribution in [0, 0.1) is 6.92 Å². The molecule has 30 heavy (non-hydrogen) atoms. The number of aryl methyl sites for hydroxylation is 1. The van der Waals surface area contributed by atoms with E-state index in [9.17, 15) is 4.79 Å². The fourth-order valence-electron chi connectivity index (χ4n) is 5.28. The van der Waals surface area contributed by atoms with E-state index in [1.54, 1.807) is 17.7 Å². The number of rotatable bonds is 3. The third-order valence-corrected chi connectivity index (χ3v) is 7.39. The summed E-state index contributed by atoms with van der Waals surface area (Å²) in [5.74, 6) is -0.377. The summed E-state index contributed by atoms with van der Waals surface area (Å²) >= 11 is 0. The fourth-order valence-corrected chi connectivity index (χ4v) is 5.28. The van der Waals surface area contributed by atoms with Gasteiger partial charge in [0.1, 0.15) is 0 Å². The van der Waals surface area contributed by atoms with Gasteiger partial charge < -0.3 is 5.11 Å². The van der Waals surface area contributed by atoms with Gasteiger partial charge in [-0.05, 0) is 96.2 Å². The van der Waals surface area contributed by atoms with Crippen molar-refractivity contribution in [2.45, 2.75) is 83.5 Å². The molecule has 1 unspecified atom stereocenters. The summed E-state index contributed by atoms with van der Waals surface area (Å²) in [6.07, 6.45) is 9.39. The van der Waals surface area contributed by atoms with E-state index < -0.39 is 5.97 Å². The Kier molecular flexibility index (Phi) is 5.12. The molecule has 2 aromatic rings. The number of hydrogen-bond acceptors (Lipinski definition) is 2. The second-order valence-corrected chi connectivity index (χ2v) is 10.5. The molecule has 3 heteroatoms. The smallest absolute Gasteiger partial charge is 0.337 e. The zero-order valence-corrected chi connectivity index (χ0v) is 18.9. The van der Waals surface area contributed by atoms with Crippen LogP contribution in [0.4, 0.5) is 0 Å². The van der Waals surface area contributed by atoms with Crippen LogP contribution in [0.5, 0.6) is 0 Å². The molecule has 2 aliphatic carbocycles. The molecule has 0 spiro atoms. The lowest BCUT2D eigenvalue weighted by Crippen LogP contribution is -2.34. The third kappa shape index (κ3) is 3.82. The van der Waals surface area contributed by atoms with Crippen LogP contribution in [0.3, 0.4) is 0 Å². The molecule has 1 fully saturated rings. The molecule has 0 aliphatic heterocycles. The molecule has 1 heterocycles. The van der Waals surface area contributed by atoms with Gasteiger partial charge in [-0.1, -0.05) is 45.4 Å². The molecule has 0 saturated heterocycles. The van der Waals surface area contributed by atoms with Crippen LogP contribution in [0.2, 0.25) is 0 Å². The quantitative estimate of drug-likeness (QED) is 0.614. The maximum atomic E-state index is 11.0. The molecule has 2 aliphatic rings. The molecule has 1 saturated carbocycles. The Balaban J connectivity index is 1.61. The number of hydrogen-bond donors (Lipinski definition) is 1. The maximum Gasteiger partial charge on any atom is 0.337 e. The first-order valence-corrected chi connectivity index (χ1v) is 11.1. The van der Waals surface area contributed by atoms with Gasteiger partial charge in [0.15, 0.2) is 0 Å². The fraction of sp³-hybridized carbons (Fsp3) is 0.481. The number of benzene rings is 1. The zero-order chi connectivity index (χ0) is 21.7. The van der Waals surface area contributed by atoms with Gasteiger partial charge in [-0.3, -0.25) is 4.98 Å². The zero-order valence-electron chi connectivity index (χ0n) is 18.9. The lowest BCUT2D eigenvalue weighted by molar-refractivity contribution is 0.0696. The average molecular weight is 404 g/mol. The molecular formula is C27H33NO2. The lowest BCUT2D eigenvalue weighted by atomic mass is 9.62. The molecule has 1 aromatic carbocycles. The number of carbonyl (C=O) groups is 1. The summed E-state index contributed by atoms with van der Waals surface area (Å²) in [7, 11) is 0. The monoisotopic (exact) mass is 403 g/mol. The van der Waals surface area contributed by atoms with E-state index in [4.69, 9.17) is 5.11 Å². The Morgan fingerprint density at radius 1 is 1.10 bits per heavy atom. The maximum absolute atomic E-state index is 11.0. The first-order chi connectivity index (χ1) is 14.1. The summed E-state index contributed by atoms with van der Waals surface area (Å²) in [5.41, 5.74) is 9.00. The Labute approximate surface area is 180 Å². The summed E-state index contributed by atoms with van der Waals surface area (Å²) in [6.45, 7) is 11.8. The van der Waals surface area contributed by atoms with Crippen LogP contribution in [-0.2, 0) is 10.8 Å². The second kappa shape index (κ2) is 7.37. The number of nitrogens with zero attached hydrogens (tertiary/aromatic N) is 1. The topological polar surface area (TPSA) is 50.2 Å². The van der Waals surface area contributed by atoms with Gasteiger partial charge in [0.2, 0.25) is 0 Å². The molecule has 3 nitrogen and oxygen atoms in total. The van der Waals surface area contributed by atoms with Crippen LogP contribution in [-0.4, -0.2) is 16.1 Å². The number of aromatic nitrogens is 1. The standard InChI is InChI=1S/C27H33NO2/c1-17-12-23-24(27(4,5)11-10-26(23,2)3)15-22(17)19-7-6-18(13-19)14-21-9-8-20(16-28-21)25(29)30/h8-9,12,14-16,19H,6-7,10-11,13H2,1-5H3,(H,29,30). The van der Waals surface area contributed by atoms with Gasteiger partial charge in [-0.15, -0.1) is 0 Å². The van der Waals surface area contributed by atoms with Crippen LogP contribution >= 0.6 is 0 Å². The van der Waals surface area contributed by atoms with Gasteiger partial charge in [-0.2, -0.15) is 0 Å². The molecule has 1 aromatic heterocycles. The predicted octanol–water partition coefficient (Wildman–Crippen LogP) is 6.79. The minimum atomic E-state index is -0.934. The molecule has 0 radical (unpaired) electrons. The summed E-state index contributed by atoms with van der Waals surface area (Å²) in [5, 5.41) is 9.04. The number of carboxylic acid groups (broad SMARTS) is 1. The molecule has 4 rings (SSSR count). The molecule has 158 valence electrons. The van der Waals surface area contributed by atoms with Crippen molar-refractivity contribution >= 4 is 12.0 Å². The van der Waals surface area contributed by atoms with Crippen molar-refractivity contribution in [3.8, 4) is 0 Å². The van der Waals surface area contributed by atoms with Gasteiger partial charge in [0, 0.05) is 6.20 Å². The number of fused-ring (bicyclic) bond motifs is 1. The number of allylic oxidation sites excluding steroid dienone is 1. The SMILES string of the molecule is Cc1cc2c(cc1C1CCC(=Cc3ccc(C(=O)O)cn3)C1)C(C)(C)CCC2(C)C. The van der Waals surface area contributed by atoms with Gasteiger partial charge in [-0.25, -0.2) is 4.79 Å². The van der Waals surface area contributed by atoms with Crippen molar-refractivity contribution in [1.29, 1.82) is 0 Å². The third-order valence-electron chi connectivity index (χ3n) is 7.39. The summed E-state index contributed by atoms with van der Waals surface area (Å²) < 4.78 is 0. The lowest BCUT2D eigenvalue weighted by Gasteiger charge is -2.42. The van der Waals surface area contributed by atoms with E-state index in [0.29, 0.717) is 5.92 Å². The first kappa shape index (κ1) is 20.8. The van der Waals surface area contributed by atoms with Crippen molar-refractivity contribution < 1.29 is 9.90 Å². The van der Waals surface area contributed by atoms with Crippen molar-refractivity contribution in [1.82, 2.24) is 4.98 Å². The van der Waals surface area contributed by atoms with E-state index in [2.05, 4.69) is 57.8 Å². The Morgan fingerprint density at radius 3 is 2.37 bits per heavy atom. The molecular weight excluding hydrogens is 370 g/mol. The van der Waals surface area contributed by atoms with Gasteiger partial charge in [0.25, 0.3) is 0 Å². The predicted molar refractivity (Wildman–Crippen MR) is 122 cm³/mol. The van der Waals surface area contributed by atoms with E-state index in [1.807, 2.05) is 0 Å². The Morgan fingerprint density at radius 2 is 1.77 bits per heavy atom. The highest BCUT2D eigenvalue weighted by molar-refractivity contribution is 5.87. The average Bonchev–Trinajstić information content (AvgIpc) is 3.14. The summed E-state index contributed by atoms with van der Waals surface area (Å²) in [6, 6.07) is 8.43. The number of pyridine rings is 1. The largest absolute Gasteiger partial charge is 0.478 e. The van der Waals surface area contributed by atoms with Crippen molar-refractivity contribution in [2.75, 3.05) is 0 Å². The highest BCUT2D eigenvalue weighted by atomic mass is 16.4.